The maximum atomic E-state index is 5.96. The first kappa shape index (κ1) is 10.9. The van der Waals surface area contributed by atoms with Gasteiger partial charge in [0.1, 0.15) is 0 Å². The number of hydrogen-bond donors (Lipinski definition) is 0. The van der Waals surface area contributed by atoms with E-state index in [1.165, 1.54) is 4.88 Å². The van der Waals surface area contributed by atoms with E-state index in [1.54, 1.807) is 17.4 Å². The molecule has 0 saturated carbocycles. The highest BCUT2D eigenvalue weighted by atomic mass is 35.5. The zero-order valence-electron chi connectivity index (χ0n) is 8.05. The van der Waals surface area contributed by atoms with E-state index in [4.69, 9.17) is 23.2 Å². The molecule has 2 aromatic rings. The Bertz CT molecular complexity index is 479. The van der Waals surface area contributed by atoms with E-state index in [0.717, 1.165) is 17.7 Å². The quantitative estimate of drug-likeness (QED) is 0.772. The number of benzene rings is 1. The van der Waals surface area contributed by atoms with Gasteiger partial charge in [0.15, 0.2) is 5.51 Å². The molecule has 0 amide bonds. The van der Waals surface area contributed by atoms with Gasteiger partial charge >= 0.3 is 0 Å². The van der Waals surface area contributed by atoms with Crippen molar-refractivity contribution in [3.8, 4) is 11.3 Å². The molecule has 0 aliphatic carbocycles. The molecule has 1 heterocycles. The summed E-state index contributed by atoms with van der Waals surface area (Å²) in [5, 5.41) is 1.13. The maximum Gasteiger partial charge on any atom is 0.153 e. The van der Waals surface area contributed by atoms with E-state index in [2.05, 4.69) is 17.4 Å². The number of nitrogens with zero attached hydrogens (tertiary/aromatic N) is 1. The number of aryl methyl sites for hydroxylation is 1. The molecule has 0 atom stereocenters. The molecule has 0 spiro atoms. The molecule has 1 aromatic carbocycles. The van der Waals surface area contributed by atoms with E-state index in [9.17, 15) is 0 Å². The minimum atomic E-state index is 0.559. The van der Waals surface area contributed by atoms with Gasteiger partial charge in [0.2, 0.25) is 0 Å². The van der Waals surface area contributed by atoms with Gasteiger partial charge in [-0.25, -0.2) is 4.98 Å². The fraction of sp³-hybridized carbons (Fsp3) is 0.182. The average molecular weight is 257 g/mol. The Hall–Kier alpha value is -0.570. The SMILES string of the molecule is CCc1s[c]nc1-c1ccc(Cl)c(Cl)c1. The fourth-order valence-electron chi connectivity index (χ4n) is 1.34. The first-order valence-electron chi connectivity index (χ1n) is 4.53. The summed E-state index contributed by atoms with van der Waals surface area (Å²) in [7, 11) is 0. The van der Waals surface area contributed by atoms with Crippen LogP contribution in [0.1, 0.15) is 11.8 Å². The topological polar surface area (TPSA) is 12.9 Å². The number of rotatable bonds is 2. The molecule has 77 valence electrons. The lowest BCUT2D eigenvalue weighted by Gasteiger charge is -2.02. The van der Waals surface area contributed by atoms with E-state index in [-0.39, 0.29) is 0 Å². The Morgan fingerprint density at radius 2 is 2.13 bits per heavy atom. The Balaban J connectivity index is 2.50. The van der Waals surface area contributed by atoms with Gasteiger partial charge in [0.25, 0.3) is 0 Å². The molecule has 2 rings (SSSR count). The van der Waals surface area contributed by atoms with E-state index in [0.29, 0.717) is 10.0 Å². The van der Waals surface area contributed by atoms with Crippen molar-refractivity contribution >= 4 is 34.5 Å². The Morgan fingerprint density at radius 1 is 1.33 bits per heavy atom. The van der Waals surface area contributed by atoms with Crippen LogP contribution in [0.4, 0.5) is 0 Å². The van der Waals surface area contributed by atoms with Gasteiger partial charge < -0.3 is 0 Å². The average Bonchev–Trinajstić information content (AvgIpc) is 2.70. The fourth-order valence-corrected chi connectivity index (χ4v) is 2.29. The Morgan fingerprint density at radius 3 is 2.80 bits per heavy atom. The number of aromatic nitrogens is 1. The molecule has 1 radical (unpaired) electrons. The third-order valence-corrected chi connectivity index (χ3v) is 3.75. The van der Waals surface area contributed by atoms with Crippen LogP contribution in [0.5, 0.6) is 0 Å². The van der Waals surface area contributed by atoms with E-state index in [1.807, 2.05) is 12.1 Å². The van der Waals surface area contributed by atoms with Crippen LogP contribution >= 0.6 is 34.5 Å². The smallest absolute Gasteiger partial charge is 0.153 e. The largest absolute Gasteiger partial charge is 0.233 e. The summed E-state index contributed by atoms with van der Waals surface area (Å²) in [6, 6.07) is 5.56. The first-order chi connectivity index (χ1) is 7.22. The zero-order chi connectivity index (χ0) is 10.8. The van der Waals surface area contributed by atoms with Crippen LogP contribution in [0.2, 0.25) is 10.0 Å². The zero-order valence-corrected chi connectivity index (χ0v) is 10.4. The predicted octanol–water partition coefficient (Wildman–Crippen LogP) is 4.48. The molecule has 0 unspecified atom stereocenters. The van der Waals surface area contributed by atoms with Crippen molar-refractivity contribution in [2.24, 2.45) is 0 Å². The predicted molar refractivity (Wildman–Crippen MR) is 65.8 cm³/mol. The highest BCUT2D eigenvalue weighted by Gasteiger charge is 2.08. The standard InChI is InChI=1S/C11H8Cl2NS/c1-2-10-11(14-6-15-10)7-3-4-8(12)9(13)5-7/h3-5H,2H2,1H3. The maximum absolute atomic E-state index is 5.96. The van der Waals surface area contributed by atoms with Crippen LogP contribution in [0.15, 0.2) is 18.2 Å². The number of thiazole rings is 1. The summed E-state index contributed by atoms with van der Waals surface area (Å²) < 4.78 is 0. The molecule has 1 nitrogen and oxygen atoms in total. The second-order valence-corrected chi connectivity index (χ2v) is 4.75. The van der Waals surface area contributed by atoms with Crippen LogP contribution in [-0.2, 0) is 6.42 Å². The minimum Gasteiger partial charge on any atom is -0.233 e. The molecule has 0 aliphatic rings. The van der Waals surface area contributed by atoms with Crippen molar-refractivity contribution in [3.63, 3.8) is 0 Å². The van der Waals surface area contributed by atoms with Gasteiger partial charge in [-0.2, -0.15) is 0 Å². The van der Waals surface area contributed by atoms with Gasteiger partial charge in [0.05, 0.1) is 15.7 Å². The number of halogens is 2. The summed E-state index contributed by atoms with van der Waals surface area (Å²) >= 11 is 13.4. The molecule has 15 heavy (non-hydrogen) atoms. The van der Waals surface area contributed by atoms with Crippen molar-refractivity contribution in [3.05, 3.63) is 38.6 Å². The molecular formula is C11H8Cl2NS. The summed E-state index contributed by atoms with van der Waals surface area (Å²) in [5.41, 5.74) is 4.86. The Kier molecular flexibility index (Phi) is 3.29. The number of hydrogen-bond acceptors (Lipinski definition) is 2. The molecule has 0 bridgehead atoms. The molecule has 0 saturated heterocycles. The Labute approximate surface area is 103 Å². The van der Waals surface area contributed by atoms with Gasteiger partial charge in [-0.3, -0.25) is 0 Å². The summed E-state index contributed by atoms with van der Waals surface area (Å²) in [5.74, 6) is 0. The lowest BCUT2D eigenvalue weighted by atomic mass is 10.1. The highest BCUT2D eigenvalue weighted by molar-refractivity contribution is 7.09. The normalized spacial score (nSPS) is 10.6. The van der Waals surface area contributed by atoms with Gasteiger partial charge in [0, 0.05) is 10.4 Å². The van der Waals surface area contributed by atoms with Gasteiger partial charge in [-0.05, 0) is 18.6 Å². The molecular weight excluding hydrogens is 249 g/mol. The molecule has 0 N–H and O–H groups in total. The van der Waals surface area contributed by atoms with Crippen molar-refractivity contribution < 1.29 is 0 Å². The van der Waals surface area contributed by atoms with Crippen LogP contribution in [0.3, 0.4) is 0 Å². The van der Waals surface area contributed by atoms with Crippen LogP contribution < -0.4 is 0 Å². The van der Waals surface area contributed by atoms with Crippen molar-refractivity contribution in [1.29, 1.82) is 0 Å². The van der Waals surface area contributed by atoms with Crippen LogP contribution in [0.25, 0.3) is 11.3 Å². The van der Waals surface area contributed by atoms with E-state index < -0.39 is 0 Å². The van der Waals surface area contributed by atoms with Gasteiger partial charge in [-0.1, -0.05) is 36.2 Å². The molecule has 0 aliphatic heterocycles. The van der Waals surface area contributed by atoms with Crippen LogP contribution in [-0.4, -0.2) is 4.98 Å². The van der Waals surface area contributed by atoms with Crippen LogP contribution in [0, 0.1) is 5.51 Å². The lowest BCUT2D eigenvalue weighted by Crippen LogP contribution is -1.83. The summed E-state index contributed by atoms with van der Waals surface area (Å²) in [6.45, 7) is 2.10. The molecule has 1 aromatic heterocycles. The van der Waals surface area contributed by atoms with Crippen molar-refractivity contribution in [2.75, 3.05) is 0 Å². The lowest BCUT2D eigenvalue weighted by molar-refractivity contribution is 1.17. The third-order valence-electron chi connectivity index (χ3n) is 2.10. The summed E-state index contributed by atoms with van der Waals surface area (Å²) in [6.07, 6.45) is 0.955. The monoisotopic (exact) mass is 256 g/mol. The second kappa shape index (κ2) is 4.52. The van der Waals surface area contributed by atoms with E-state index >= 15 is 0 Å². The third kappa shape index (κ3) is 2.17. The molecule has 0 fully saturated rings. The van der Waals surface area contributed by atoms with Crippen molar-refractivity contribution in [2.45, 2.75) is 13.3 Å². The summed E-state index contributed by atoms with van der Waals surface area (Å²) in [4.78, 5) is 5.44. The van der Waals surface area contributed by atoms with Crippen molar-refractivity contribution in [1.82, 2.24) is 4.98 Å². The highest BCUT2D eigenvalue weighted by Crippen LogP contribution is 2.30. The second-order valence-electron chi connectivity index (χ2n) is 3.06. The first-order valence-corrected chi connectivity index (χ1v) is 6.10. The minimum absolute atomic E-state index is 0.559. The van der Waals surface area contributed by atoms with Gasteiger partial charge in [-0.15, -0.1) is 11.3 Å². The molecule has 4 heteroatoms.